The summed E-state index contributed by atoms with van der Waals surface area (Å²) in [5.74, 6) is 1.11. The van der Waals surface area contributed by atoms with Crippen LogP contribution in [-0.4, -0.2) is 29.6 Å². The van der Waals surface area contributed by atoms with Crippen LogP contribution in [0.5, 0.6) is 0 Å². The van der Waals surface area contributed by atoms with Crippen molar-refractivity contribution >= 4 is 11.5 Å². The minimum atomic E-state index is -0.289. The Morgan fingerprint density at radius 3 is 3.00 bits per heavy atom. The monoisotopic (exact) mass is 223 g/mol. The van der Waals surface area contributed by atoms with Gasteiger partial charge in [-0.05, 0) is 31.8 Å². The maximum Gasteiger partial charge on any atom is 0.276 e. The van der Waals surface area contributed by atoms with Crippen molar-refractivity contribution in [3.63, 3.8) is 0 Å². The van der Waals surface area contributed by atoms with Crippen molar-refractivity contribution in [1.29, 1.82) is 0 Å². The van der Waals surface area contributed by atoms with E-state index in [1.807, 2.05) is 0 Å². The van der Waals surface area contributed by atoms with Crippen molar-refractivity contribution < 1.29 is 0 Å². The molecule has 0 atom stereocenters. The molecule has 0 radical (unpaired) electrons. The molecule has 1 fully saturated rings. The van der Waals surface area contributed by atoms with Crippen molar-refractivity contribution in [2.75, 3.05) is 30.7 Å². The predicted octanol–water partition coefficient (Wildman–Crippen LogP) is -0.236. The van der Waals surface area contributed by atoms with Gasteiger partial charge in [0.25, 0.3) is 5.56 Å². The third kappa shape index (κ3) is 2.52. The lowest BCUT2D eigenvalue weighted by Crippen LogP contribution is -2.31. The van der Waals surface area contributed by atoms with Crippen molar-refractivity contribution in [2.24, 2.45) is 5.92 Å². The van der Waals surface area contributed by atoms with Gasteiger partial charge in [-0.15, -0.1) is 0 Å². The number of hydrogen-bond donors (Lipinski definition) is 4. The van der Waals surface area contributed by atoms with E-state index in [4.69, 9.17) is 5.73 Å². The van der Waals surface area contributed by atoms with E-state index in [0.29, 0.717) is 11.7 Å². The van der Waals surface area contributed by atoms with Gasteiger partial charge >= 0.3 is 0 Å². The summed E-state index contributed by atoms with van der Waals surface area (Å²) in [6.07, 6.45) is 3.66. The predicted molar refractivity (Wildman–Crippen MR) is 63.4 cm³/mol. The van der Waals surface area contributed by atoms with Gasteiger partial charge in [-0.25, -0.2) is 4.98 Å². The molecule has 6 heteroatoms. The minimum Gasteiger partial charge on any atom is -0.391 e. The third-order valence-corrected chi connectivity index (χ3v) is 2.91. The topological polar surface area (TPSA) is 95.8 Å². The second-order valence-electron chi connectivity index (χ2n) is 4.07. The molecule has 0 aliphatic carbocycles. The van der Waals surface area contributed by atoms with Crippen LogP contribution in [0.1, 0.15) is 12.8 Å². The van der Waals surface area contributed by atoms with E-state index < -0.39 is 0 Å². The Labute approximate surface area is 93.7 Å². The van der Waals surface area contributed by atoms with E-state index in [1.165, 1.54) is 6.33 Å². The molecular weight excluding hydrogens is 206 g/mol. The zero-order chi connectivity index (χ0) is 11.4. The summed E-state index contributed by atoms with van der Waals surface area (Å²) in [7, 11) is 0. The van der Waals surface area contributed by atoms with E-state index in [2.05, 4.69) is 20.6 Å². The Morgan fingerprint density at radius 2 is 2.25 bits per heavy atom. The molecule has 88 valence electrons. The van der Waals surface area contributed by atoms with E-state index in [1.54, 1.807) is 0 Å². The fourth-order valence-electron chi connectivity index (χ4n) is 1.88. The molecule has 2 heterocycles. The molecular formula is C10H17N5O. The summed E-state index contributed by atoms with van der Waals surface area (Å²) >= 11 is 0. The summed E-state index contributed by atoms with van der Waals surface area (Å²) in [5, 5.41) is 6.45. The van der Waals surface area contributed by atoms with Crippen LogP contribution in [0.2, 0.25) is 0 Å². The molecule has 1 aromatic heterocycles. The van der Waals surface area contributed by atoms with Gasteiger partial charge in [0.1, 0.15) is 5.69 Å². The summed E-state index contributed by atoms with van der Waals surface area (Å²) in [4.78, 5) is 17.7. The molecule has 0 spiro atoms. The zero-order valence-corrected chi connectivity index (χ0v) is 9.12. The van der Waals surface area contributed by atoms with Gasteiger partial charge in [-0.3, -0.25) is 4.79 Å². The Bertz CT molecular complexity index is 396. The maximum absolute atomic E-state index is 11.2. The van der Waals surface area contributed by atoms with Crippen molar-refractivity contribution in [1.82, 2.24) is 15.3 Å². The molecule has 0 bridgehead atoms. The number of piperidine rings is 1. The molecule has 1 aromatic rings. The highest BCUT2D eigenvalue weighted by Gasteiger charge is 2.13. The largest absolute Gasteiger partial charge is 0.391 e. The molecule has 1 aliphatic heterocycles. The number of rotatable bonds is 3. The number of nitrogens with two attached hydrogens (primary N) is 1. The smallest absolute Gasteiger partial charge is 0.276 e. The lowest BCUT2D eigenvalue weighted by Gasteiger charge is -2.23. The number of nitrogen functional groups attached to an aromatic ring is 1. The molecule has 1 aliphatic rings. The summed E-state index contributed by atoms with van der Waals surface area (Å²) in [6, 6.07) is 0. The first-order chi connectivity index (χ1) is 7.77. The van der Waals surface area contributed by atoms with Gasteiger partial charge in [-0.1, -0.05) is 0 Å². The maximum atomic E-state index is 11.2. The Morgan fingerprint density at radius 1 is 1.50 bits per heavy atom. The second-order valence-corrected chi connectivity index (χ2v) is 4.07. The highest BCUT2D eigenvalue weighted by atomic mass is 16.1. The van der Waals surface area contributed by atoms with Crippen LogP contribution in [0, 0.1) is 5.92 Å². The number of nitrogens with one attached hydrogen (secondary N) is 3. The van der Waals surface area contributed by atoms with E-state index in [-0.39, 0.29) is 11.2 Å². The molecule has 6 nitrogen and oxygen atoms in total. The summed E-state index contributed by atoms with van der Waals surface area (Å²) in [5.41, 5.74) is 5.49. The lowest BCUT2D eigenvalue weighted by atomic mass is 9.98. The first-order valence-electron chi connectivity index (χ1n) is 5.55. The first-order valence-corrected chi connectivity index (χ1v) is 5.55. The van der Waals surface area contributed by atoms with Crippen LogP contribution in [0.4, 0.5) is 11.5 Å². The number of aromatic nitrogens is 2. The van der Waals surface area contributed by atoms with Gasteiger partial charge < -0.3 is 21.4 Å². The zero-order valence-electron chi connectivity index (χ0n) is 9.12. The molecule has 0 aromatic carbocycles. The number of aromatic amines is 1. The van der Waals surface area contributed by atoms with E-state index in [9.17, 15) is 4.79 Å². The van der Waals surface area contributed by atoms with Crippen LogP contribution >= 0.6 is 0 Å². The molecule has 16 heavy (non-hydrogen) atoms. The Kier molecular flexibility index (Phi) is 3.40. The lowest BCUT2D eigenvalue weighted by molar-refractivity contribution is 0.389. The normalized spacial score (nSPS) is 17.2. The van der Waals surface area contributed by atoms with Crippen molar-refractivity contribution in [3.05, 3.63) is 16.7 Å². The van der Waals surface area contributed by atoms with Gasteiger partial charge in [0.15, 0.2) is 5.82 Å². The van der Waals surface area contributed by atoms with Crippen molar-refractivity contribution in [3.8, 4) is 0 Å². The van der Waals surface area contributed by atoms with Crippen LogP contribution in [0.25, 0.3) is 0 Å². The highest BCUT2D eigenvalue weighted by Crippen LogP contribution is 2.14. The SMILES string of the molecule is Nc1c(NCC2CCNCC2)nc[nH]c1=O. The number of nitrogens with zero attached hydrogens (tertiary/aromatic N) is 1. The Hall–Kier alpha value is -1.56. The summed E-state index contributed by atoms with van der Waals surface area (Å²) < 4.78 is 0. The van der Waals surface area contributed by atoms with Gasteiger partial charge in [-0.2, -0.15) is 0 Å². The van der Waals surface area contributed by atoms with Crippen LogP contribution in [0.15, 0.2) is 11.1 Å². The van der Waals surface area contributed by atoms with Crippen LogP contribution < -0.4 is 21.9 Å². The molecule has 0 unspecified atom stereocenters. The molecule has 0 saturated carbocycles. The quantitative estimate of drug-likeness (QED) is 0.567. The molecule has 0 amide bonds. The fraction of sp³-hybridized carbons (Fsp3) is 0.600. The standard InChI is InChI=1S/C10H17N5O/c11-8-9(14-6-15-10(8)16)13-5-7-1-3-12-4-2-7/h6-7,12H,1-5,11H2,(H2,13,14,15,16). The van der Waals surface area contributed by atoms with Gasteiger partial charge in [0, 0.05) is 6.54 Å². The summed E-state index contributed by atoms with van der Waals surface area (Å²) in [6.45, 7) is 2.94. The van der Waals surface area contributed by atoms with Crippen LogP contribution in [0.3, 0.4) is 0 Å². The Balaban J connectivity index is 1.93. The average molecular weight is 223 g/mol. The minimum absolute atomic E-state index is 0.163. The van der Waals surface area contributed by atoms with Gasteiger partial charge in [0.2, 0.25) is 0 Å². The van der Waals surface area contributed by atoms with E-state index >= 15 is 0 Å². The number of anilines is 2. The molecule has 1 saturated heterocycles. The van der Waals surface area contributed by atoms with Crippen LogP contribution in [-0.2, 0) is 0 Å². The highest BCUT2D eigenvalue weighted by molar-refractivity contribution is 5.58. The number of H-pyrrole nitrogens is 1. The van der Waals surface area contributed by atoms with E-state index in [0.717, 1.165) is 32.5 Å². The number of hydrogen-bond acceptors (Lipinski definition) is 5. The third-order valence-electron chi connectivity index (χ3n) is 2.91. The van der Waals surface area contributed by atoms with Crippen molar-refractivity contribution in [2.45, 2.75) is 12.8 Å². The molecule has 2 rings (SSSR count). The van der Waals surface area contributed by atoms with Gasteiger partial charge in [0.05, 0.1) is 6.33 Å². The fourth-order valence-corrected chi connectivity index (χ4v) is 1.88. The average Bonchev–Trinajstić information content (AvgIpc) is 2.32. The molecule has 5 N–H and O–H groups in total. The first kappa shape index (κ1) is 10.9. The second kappa shape index (κ2) is 4.98.